The van der Waals surface area contributed by atoms with Crippen molar-refractivity contribution in [2.45, 2.75) is 53.2 Å². The molecule has 0 aliphatic heterocycles. The van der Waals surface area contributed by atoms with Gasteiger partial charge in [-0.1, -0.05) is 12.1 Å². The SMILES string of the molecule is Cc1nc2ccc(C(=O)NCc3ccc(NC(=O)CCNC(=O)OC(C)(C)C)cc3)cc2nc1C. The number of fused-ring (bicyclic) bond motifs is 1. The minimum atomic E-state index is -0.587. The highest BCUT2D eigenvalue weighted by molar-refractivity contribution is 5.97. The van der Waals surface area contributed by atoms with Gasteiger partial charge in [-0.2, -0.15) is 0 Å². The first-order valence-electron chi connectivity index (χ1n) is 11.4. The number of carbonyl (C=O) groups is 3. The molecule has 9 heteroatoms. The number of aromatic nitrogens is 2. The second kappa shape index (κ2) is 10.9. The number of anilines is 1. The minimum Gasteiger partial charge on any atom is -0.444 e. The van der Waals surface area contributed by atoms with Crippen LogP contribution in [0.25, 0.3) is 11.0 Å². The van der Waals surface area contributed by atoms with Crippen LogP contribution in [0.4, 0.5) is 10.5 Å². The van der Waals surface area contributed by atoms with Gasteiger partial charge in [0.1, 0.15) is 5.60 Å². The van der Waals surface area contributed by atoms with Gasteiger partial charge in [0.05, 0.1) is 22.4 Å². The molecule has 0 bridgehead atoms. The Morgan fingerprint density at radius 3 is 2.20 bits per heavy atom. The molecule has 0 saturated heterocycles. The molecule has 0 saturated carbocycles. The van der Waals surface area contributed by atoms with Crippen LogP contribution in [0.3, 0.4) is 0 Å². The van der Waals surface area contributed by atoms with Crippen LogP contribution >= 0.6 is 0 Å². The highest BCUT2D eigenvalue weighted by Crippen LogP contribution is 2.15. The Morgan fingerprint density at radius 2 is 1.54 bits per heavy atom. The lowest BCUT2D eigenvalue weighted by Gasteiger charge is -2.19. The van der Waals surface area contributed by atoms with Crippen molar-refractivity contribution in [3.05, 3.63) is 65.0 Å². The van der Waals surface area contributed by atoms with Crippen molar-refractivity contribution in [1.82, 2.24) is 20.6 Å². The lowest BCUT2D eigenvalue weighted by Crippen LogP contribution is -2.34. The maximum absolute atomic E-state index is 12.6. The molecule has 1 heterocycles. The van der Waals surface area contributed by atoms with Gasteiger partial charge in [-0.3, -0.25) is 9.59 Å². The van der Waals surface area contributed by atoms with Crippen molar-refractivity contribution < 1.29 is 19.1 Å². The first kappa shape index (κ1) is 25.6. The highest BCUT2D eigenvalue weighted by atomic mass is 16.6. The number of rotatable bonds is 7. The molecule has 0 radical (unpaired) electrons. The number of nitrogens with zero attached hydrogens (tertiary/aromatic N) is 2. The molecule has 0 atom stereocenters. The van der Waals surface area contributed by atoms with Crippen LogP contribution in [0.1, 0.15) is 54.5 Å². The van der Waals surface area contributed by atoms with E-state index in [1.54, 1.807) is 51.1 Å². The summed E-state index contributed by atoms with van der Waals surface area (Å²) in [6, 6.07) is 12.4. The fourth-order valence-electron chi connectivity index (χ4n) is 3.18. The smallest absolute Gasteiger partial charge is 0.407 e. The standard InChI is InChI=1S/C26H31N5O4/c1-16-17(2)30-22-14-19(8-11-21(22)29-16)24(33)28-15-18-6-9-20(10-7-18)31-23(32)12-13-27-25(34)35-26(3,4)5/h6-11,14H,12-13,15H2,1-5H3,(H,27,34)(H,28,33)(H,31,32). The summed E-state index contributed by atoms with van der Waals surface area (Å²) in [7, 11) is 0. The number of alkyl carbamates (subject to hydrolysis) is 1. The Bertz CT molecular complexity index is 1230. The van der Waals surface area contributed by atoms with Crippen LogP contribution in [0.15, 0.2) is 42.5 Å². The van der Waals surface area contributed by atoms with Gasteiger partial charge in [0.2, 0.25) is 5.91 Å². The van der Waals surface area contributed by atoms with E-state index in [1.807, 2.05) is 26.0 Å². The van der Waals surface area contributed by atoms with Gasteiger partial charge in [-0.25, -0.2) is 14.8 Å². The molecule has 2 aromatic carbocycles. The molecule has 3 amide bonds. The van der Waals surface area contributed by atoms with Crippen molar-refractivity contribution >= 4 is 34.6 Å². The number of ether oxygens (including phenoxy) is 1. The summed E-state index contributed by atoms with van der Waals surface area (Å²) in [4.78, 5) is 45.3. The number of aryl methyl sites for hydroxylation is 2. The van der Waals surface area contributed by atoms with Crippen molar-refractivity contribution in [3.63, 3.8) is 0 Å². The molecule has 0 aliphatic carbocycles. The molecule has 184 valence electrons. The highest BCUT2D eigenvalue weighted by Gasteiger charge is 2.16. The monoisotopic (exact) mass is 477 g/mol. The second-order valence-corrected chi connectivity index (χ2v) is 9.20. The van der Waals surface area contributed by atoms with Gasteiger partial charge in [-0.15, -0.1) is 0 Å². The van der Waals surface area contributed by atoms with Crippen LogP contribution in [0, 0.1) is 13.8 Å². The number of amides is 3. The molecule has 3 aromatic rings. The lowest BCUT2D eigenvalue weighted by atomic mass is 10.1. The van der Waals surface area contributed by atoms with Crippen molar-refractivity contribution in [3.8, 4) is 0 Å². The molecular formula is C26H31N5O4. The fourth-order valence-corrected chi connectivity index (χ4v) is 3.18. The van der Waals surface area contributed by atoms with E-state index in [0.29, 0.717) is 23.3 Å². The summed E-state index contributed by atoms with van der Waals surface area (Å²) >= 11 is 0. The Morgan fingerprint density at radius 1 is 0.886 bits per heavy atom. The Balaban J connectivity index is 1.46. The average molecular weight is 478 g/mol. The second-order valence-electron chi connectivity index (χ2n) is 9.20. The number of benzene rings is 2. The third-order valence-corrected chi connectivity index (χ3v) is 5.05. The molecule has 0 aliphatic rings. The Hall–Kier alpha value is -4.01. The van der Waals surface area contributed by atoms with Gasteiger partial charge in [0, 0.05) is 30.8 Å². The molecule has 1 aromatic heterocycles. The van der Waals surface area contributed by atoms with E-state index in [1.165, 1.54) is 0 Å². The molecule has 9 nitrogen and oxygen atoms in total. The molecule has 0 spiro atoms. The van der Waals surface area contributed by atoms with E-state index in [-0.39, 0.29) is 24.8 Å². The zero-order valence-electron chi connectivity index (χ0n) is 20.7. The number of carbonyl (C=O) groups excluding carboxylic acids is 3. The van der Waals surface area contributed by atoms with Gasteiger partial charge in [-0.05, 0) is 70.5 Å². The molecule has 0 unspecified atom stereocenters. The maximum atomic E-state index is 12.6. The lowest BCUT2D eigenvalue weighted by molar-refractivity contribution is -0.116. The molecule has 0 fully saturated rings. The van der Waals surface area contributed by atoms with Crippen LogP contribution in [0.5, 0.6) is 0 Å². The Labute approximate surface area is 204 Å². The van der Waals surface area contributed by atoms with Crippen molar-refractivity contribution in [2.24, 2.45) is 0 Å². The summed E-state index contributed by atoms with van der Waals surface area (Å²) in [6.07, 6.45) is -0.440. The van der Waals surface area contributed by atoms with Crippen molar-refractivity contribution in [2.75, 3.05) is 11.9 Å². The van der Waals surface area contributed by atoms with E-state index >= 15 is 0 Å². The van der Waals surface area contributed by atoms with Crippen LogP contribution in [-0.4, -0.2) is 40.0 Å². The molecule has 3 rings (SSSR count). The summed E-state index contributed by atoms with van der Waals surface area (Å²) in [5.74, 6) is -0.436. The van der Waals surface area contributed by atoms with Gasteiger partial charge in [0.25, 0.3) is 5.91 Å². The summed E-state index contributed by atoms with van der Waals surface area (Å²) in [6.45, 7) is 9.62. The number of hydrogen-bond donors (Lipinski definition) is 3. The third-order valence-electron chi connectivity index (χ3n) is 5.05. The molecule has 35 heavy (non-hydrogen) atoms. The molecule has 3 N–H and O–H groups in total. The van der Waals surface area contributed by atoms with E-state index in [9.17, 15) is 14.4 Å². The summed E-state index contributed by atoms with van der Waals surface area (Å²) in [5, 5.41) is 8.22. The molecular weight excluding hydrogens is 446 g/mol. The normalized spacial score (nSPS) is 11.1. The summed E-state index contributed by atoms with van der Waals surface area (Å²) in [5.41, 5.74) is 4.57. The number of hydrogen-bond acceptors (Lipinski definition) is 6. The van der Waals surface area contributed by atoms with E-state index < -0.39 is 11.7 Å². The Kier molecular flexibility index (Phi) is 8.01. The van der Waals surface area contributed by atoms with Crippen LogP contribution < -0.4 is 16.0 Å². The zero-order chi connectivity index (χ0) is 25.6. The zero-order valence-corrected chi connectivity index (χ0v) is 20.7. The predicted molar refractivity (Wildman–Crippen MR) is 134 cm³/mol. The average Bonchev–Trinajstić information content (AvgIpc) is 2.77. The van der Waals surface area contributed by atoms with E-state index in [4.69, 9.17) is 4.74 Å². The van der Waals surface area contributed by atoms with Gasteiger partial charge in [0.15, 0.2) is 0 Å². The quantitative estimate of drug-likeness (QED) is 0.472. The van der Waals surface area contributed by atoms with Crippen molar-refractivity contribution in [1.29, 1.82) is 0 Å². The fraction of sp³-hybridized carbons (Fsp3) is 0.346. The van der Waals surface area contributed by atoms with Gasteiger partial charge < -0.3 is 20.7 Å². The predicted octanol–water partition coefficient (Wildman–Crippen LogP) is 4.03. The minimum absolute atomic E-state index is 0.117. The van der Waals surface area contributed by atoms with Gasteiger partial charge >= 0.3 is 6.09 Å². The topological polar surface area (TPSA) is 122 Å². The third kappa shape index (κ3) is 7.77. The van der Waals surface area contributed by atoms with E-state index in [2.05, 4.69) is 25.9 Å². The summed E-state index contributed by atoms with van der Waals surface area (Å²) < 4.78 is 5.13. The van der Waals surface area contributed by atoms with Crippen LogP contribution in [0.2, 0.25) is 0 Å². The number of nitrogens with one attached hydrogen (secondary N) is 3. The first-order valence-corrected chi connectivity index (χ1v) is 11.4. The maximum Gasteiger partial charge on any atom is 0.407 e. The van der Waals surface area contributed by atoms with Crippen LogP contribution in [-0.2, 0) is 16.1 Å². The largest absolute Gasteiger partial charge is 0.444 e. The van der Waals surface area contributed by atoms with E-state index in [0.717, 1.165) is 22.5 Å². The first-order chi connectivity index (χ1) is 16.5.